The molecule has 0 radical (unpaired) electrons. The highest BCUT2D eigenvalue weighted by Gasteiger charge is 2.19. The zero-order valence-corrected chi connectivity index (χ0v) is 14.6. The topological polar surface area (TPSA) is 102 Å². The van der Waals surface area contributed by atoms with Crippen LogP contribution in [0.2, 0.25) is 0 Å². The summed E-state index contributed by atoms with van der Waals surface area (Å²) in [6, 6.07) is 12.1. The Balaban J connectivity index is 2.12. The van der Waals surface area contributed by atoms with Crippen molar-refractivity contribution in [3.05, 3.63) is 59.7 Å². The third-order valence-corrected chi connectivity index (χ3v) is 4.68. The first kappa shape index (κ1) is 18.5. The fourth-order valence-corrected chi connectivity index (χ4v) is 2.99. The number of benzene rings is 2. The van der Waals surface area contributed by atoms with Crippen molar-refractivity contribution in [1.82, 2.24) is 10.0 Å². The predicted molar refractivity (Wildman–Crippen MR) is 91.6 cm³/mol. The molecular weight excluding hydrogens is 344 g/mol. The van der Waals surface area contributed by atoms with E-state index < -0.39 is 15.9 Å². The Bertz CT molecular complexity index is 876. The van der Waals surface area contributed by atoms with Gasteiger partial charge in [-0.15, -0.1) is 0 Å². The number of ether oxygens (including phenoxy) is 1. The van der Waals surface area contributed by atoms with E-state index in [1.54, 1.807) is 24.3 Å². The standard InChI is InChI=1S/C17H18N2O5S/c1-12(20)18-11-13-6-8-16(9-7-13)25(22,23)19-17(21)14-4-3-5-15(10-14)24-2/h3-10H,11H2,1-2H3,(H,18,20)(H,19,21). The number of hydrogen-bond acceptors (Lipinski definition) is 5. The number of rotatable bonds is 6. The molecule has 0 bridgehead atoms. The molecule has 2 rings (SSSR count). The maximum Gasteiger partial charge on any atom is 0.265 e. The smallest absolute Gasteiger partial charge is 0.265 e. The largest absolute Gasteiger partial charge is 0.497 e. The molecule has 0 unspecified atom stereocenters. The van der Waals surface area contributed by atoms with Gasteiger partial charge in [0.05, 0.1) is 12.0 Å². The summed E-state index contributed by atoms with van der Waals surface area (Å²) in [5, 5.41) is 2.61. The second kappa shape index (κ2) is 7.80. The van der Waals surface area contributed by atoms with Crippen LogP contribution in [-0.2, 0) is 21.4 Å². The molecule has 0 saturated heterocycles. The Morgan fingerprint density at radius 3 is 2.36 bits per heavy atom. The van der Waals surface area contributed by atoms with Crippen molar-refractivity contribution in [3.63, 3.8) is 0 Å². The van der Waals surface area contributed by atoms with E-state index in [1.165, 1.54) is 38.3 Å². The fourth-order valence-electron chi connectivity index (χ4n) is 2.02. The number of carbonyl (C=O) groups excluding carboxylic acids is 2. The van der Waals surface area contributed by atoms with Crippen LogP contribution >= 0.6 is 0 Å². The molecule has 2 amide bonds. The molecule has 7 nitrogen and oxygen atoms in total. The average Bonchev–Trinajstić information content (AvgIpc) is 2.60. The quantitative estimate of drug-likeness (QED) is 0.810. The summed E-state index contributed by atoms with van der Waals surface area (Å²) in [6.07, 6.45) is 0. The fraction of sp³-hybridized carbons (Fsp3) is 0.176. The van der Waals surface area contributed by atoms with Gasteiger partial charge in [0.1, 0.15) is 5.75 Å². The lowest BCUT2D eigenvalue weighted by Gasteiger charge is -2.09. The minimum Gasteiger partial charge on any atom is -0.497 e. The molecule has 2 aromatic carbocycles. The monoisotopic (exact) mass is 362 g/mol. The van der Waals surface area contributed by atoms with Crippen LogP contribution in [0.4, 0.5) is 0 Å². The molecule has 0 aliphatic rings. The van der Waals surface area contributed by atoms with Gasteiger partial charge >= 0.3 is 0 Å². The zero-order valence-electron chi connectivity index (χ0n) is 13.8. The molecule has 2 aromatic rings. The lowest BCUT2D eigenvalue weighted by molar-refractivity contribution is -0.119. The Kier molecular flexibility index (Phi) is 5.76. The molecule has 0 saturated carbocycles. The zero-order chi connectivity index (χ0) is 18.4. The van der Waals surface area contributed by atoms with Gasteiger partial charge in [0.2, 0.25) is 5.91 Å². The predicted octanol–water partition coefficient (Wildman–Crippen LogP) is 1.45. The van der Waals surface area contributed by atoms with Crippen molar-refractivity contribution in [3.8, 4) is 5.75 Å². The van der Waals surface area contributed by atoms with Gasteiger partial charge in [-0.2, -0.15) is 0 Å². The minimum atomic E-state index is -4.00. The van der Waals surface area contributed by atoms with Gasteiger partial charge < -0.3 is 10.1 Å². The van der Waals surface area contributed by atoms with Gasteiger partial charge in [-0.25, -0.2) is 13.1 Å². The van der Waals surface area contributed by atoms with Crippen molar-refractivity contribution in [2.24, 2.45) is 0 Å². The minimum absolute atomic E-state index is 0.0460. The van der Waals surface area contributed by atoms with Gasteiger partial charge in [0.15, 0.2) is 0 Å². The summed E-state index contributed by atoms with van der Waals surface area (Å²) in [4.78, 5) is 23.0. The number of nitrogens with one attached hydrogen (secondary N) is 2. The SMILES string of the molecule is COc1cccc(C(=O)NS(=O)(=O)c2ccc(CNC(C)=O)cc2)c1. The first-order valence-corrected chi connectivity index (χ1v) is 8.85. The summed E-state index contributed by atoms with van der Waals surface area (Å²) in [6.45, 7) is 1.69. The van der Waals surface area contributed by atoms with Crippen molar-refractivity contribution >= 4 is 21.8 Å². The molecule has 0 aliphatic heterocycles. The van der Waals surface area contributed by atoms with E-state index in [0.29, 0.717) is 12.3 Å². The lowest BCUT2D eigenvalue weighted by Crippen LogP contribution is -2.30. The normalized spacial score (nSPS) is 10.8. The van der Waals surface area contributed by atoms with Crippen molar-refractivity contribution in [1.29, 1.82) is 0 Å². The molecule has 0 aliphatic carbocycles. The average molecular weight is 362 g/mol. The molecule has 0 atom stereocenters. The summed E-state index contributed by atoms with van der Waals surface area (Å²) >= 11 is 0. The van der Waals surface area contributed by atoms with Crippen molar-refractivity contribution < 1.29 is 22.7 Å². The van der Waals surface area contributed by atoms with E-state index in [1.807, 2.05) is 4.72 Å². The number of hydrogen-bond donors (Lipinski definition) is 2. The molecular formula is C17H18N2O5S. The highest BCUT2D eigenvalue weighted by atomic mass is 32.2. The Morgan fingerprint density at radius 1 is 1.08 bits per heavy atom. The van der Waals surface area contributed by atoms with E-state index >= 15 is 0 Å². The van der Waals surface area contributed by atoms with E-state index in [0.717, 1.165) is 5.56 Å². The van der Waals surface area contributed by atoms with Crippen LogP contribution < -0.4 is 14.8 Å². The Hall–Kier alpha value is -2.87. The van der Waals surface area contributed by atoms with Crippen LogP contribution in [0, 0.1) is 0 Å². The van der Waals surface area contributed by atoms with Crippen LogP contribution in [0.25, 0.3) is 0 Å². The van der Waals surface area contributed by atoms with Crippen molar-refractivity contribution in [2.75, 3.05) is 7.11 Å². The highest BCUT2D eigenvalue weighted by Crippen LogP contribution is 2.15. The number of sulfonamides is 1. The Morgan fingerprint density at radius 2 is 1.76 bits per heavy atom. The maximum absolute atomic E-state index is 12.3. The van der Waals surface area contributed by atoms with E-state index in [9.17, 15) is 18.0 Å². The molecule has 25 heavy (non-hydrogen) atoms. The highest BCUT2D eigenvalue weighted by molar-refractivity contribution is 7.90. The third-order valence-electron chi connectivity index (χ3n) is 3.33. The summed E-state index contributed by atoms with van der Waals surface area (Å²) in [7, 11) is -2.55. The van der Waals surface area contributed by atoms with Gasteiger partial charge in [-0.05, 0) is 35.9 Å². The second-order valence-electron chi connectivity index (χ2n) is 5.22. The lowest BCUT2D eigenvalue weighted by atomic mass is 10.2. The second-order valence-corrected chi connectivity index (χ2v) is 6.90. The van der Waals surface area contributed by atoms with E-state index in [-0.39, 0.29) is 16.4 Å². The molecule has 132 valence electrons. The van der Waals surface area contributed by atoms with E-state index in [2.05, 4.69) is 5.32 Å². The summed E-state index contributed by atoms with van der Waals surface area (Å²) in [5.41, 5.74) is 0.915. The number of carbonyl (C=O) groups is 2. The van der Waals surface area contributed by atoms with Crippen LogP contribution in [0.15, 0.2) is 53.4 Å². The molecule has 0 spiro atoms. The van der Waals surface area contributed by atoms with E-state index in [4.69, 9.17) is 4.74 Å². The molecule has 0 fully saturated rings. The first-order valence-electron chi connectivity index (χ1n) is 7.36. The third kappa shape index (κ3) is 5.05. The summed E-state index contributed by atoms with van der Waals surface area (Å²) < 4.78 is 31.7. The van der Waals surface area contributed by atoms with Gasteiger partial charge in [0, 0.05) is 19.0 Å². The number of methoxy groups -OCH3 is 1. The van der Waals surface area contributed by atoms with Gasteiger partial charge in [-0.1, -0.05) is 18.2 Å². The van der Waals surface area contributed by atoms with Crippen LogP contribution in [-0.4, -0.2) is 27.3 Å². The first-order chi connectivity index (χ1) is 11.8. The van der Waals surface area contributed by atoms with Crippen LogP contribution in [0.3, 0.4) is 0 Å². The van der Waals surface area contributed by atoms with Crippen molar-refractivity contribution in [2.45, 2.75) is 18.4 Å². The molecule has 8 heteroatoms. The molecule has 0 aromatic heterocycles. The van der Waals surface area contributed by atoms with Gasteiger partial charge in [0.25, 0.3) is 15.9 Å². The van der Waals surface area contributed by atoms with Crippen LogP contribution in [0.5, 0.6) is 5.75 Å². The maximum atomic E-state index is 12.3. The Labute approximate surface area is 146 Å². The van der Waals surface area contributed by atoms with Crippen LogP contribution in [0.1, 0.15) is 22.8 Å². The molecule has 0 heterocycles. The summed E-state index contributed by atoms with van der Waals surface area (Å²) in [5.74, 6) is -0.476. The number of amides is 2. The van der Waals surface area contributed by atoms with Gasteiger partial charge in [-0.3, -0.25) is 9.59 Å². The molecule has 2 N–H and O–H groups in total.